The van der Waals surface area contributed by atoms with Gasteiger partial charge in [0.05, 0.1) is 11.5 Å². The van der Waals surface area contributed by atoms with Crippen molar-refractivity contribution in [2.75, 3.05) is 6.61 Å². The molecule has 0 aromatic heterocycles. The molecule has 0 amide bonds. The molecule has 0 aliphatic rings. The molecule has 0 aliphatic carbocycles. The van der Waals surface area contributed by atoms with Crippen LogP contribution in [0.3, 0.4) is 0 Å². The van der Waals surface area contributed by atoms with E-state index >= 15 is 0 Å². The minimum absolute atomic E-state index is 0.0319. The minimum atomic E-state index is -0.907. The highest BCUT2D eigenvalue weighted by atomic mass is 16.6. The number of rotatable bonds is 4. The zero-order valence-corrected chi connectivity index (χ0v) is 8.04. The third-order valence-corrected chi connectivity index (χ3v) is 2.13. The second kappa shape index (κ2) is 4.83. The number of hydrogen-bond acceptors (Lipinski definition) is 4. The number of nitrogens with zero attached hydrogens (tertiary/aromatic N) is 1. The van der Waals surface area contributed by atoms with Gasteiger partial charge in [-0.15, -0.1) is 0 Å². The molecule has 1 aromatic carbocycles. The fourth-order valence-electron chi connectivity index (χ4n) is 1.17. The summed E-state index contributed by atoms with van der Waals surface area (Å²) in [5, 5.41) is 28.8. The Hall–Kier alpha value is -1.50. The highest BCUT2D eigenvalue weighted by Crippen LogP contribution is 2.18. The van der Waals surface area contributed by atoms with Crippen LogP contribution in [0.15, 0.2) is 24.3 Å². The zero-order valence-electron chi connectivity index (χ0n) is 8.04. The van der Waals surface area contributed by atoms with Crippen LogP contribution >= 0.6 is 0 Å². The van der Waals surface area contributed by atoms with E-state index in [-0.39, 0.29) is 12.3 Å². The Kier molecular flexibility index (Phi) is 3.73. The van der Waals surface area contributed by atoms with Gasteiger partial charge in [-0.1, -0.05) is 0 Å². The fraction of sp³-hybridized carbons (Fsp3) is 0.333. The summed E-state index contributed by atoms with van der Waals surface area (Å²) >= 11 is 0. The highest BCUT2D eigenvalue weighted by molar-refractivity contribution is 5.33. The number of nitro groups is 1. The van der Waals surface area contributed by atoms with Gasteiger partial charge in [0.25, 0.3) is 5.69 Å². The lowest BCUT2D eigenvalue weighted by Crippen LogP contribution is -2.65. The van der Waals surface area contributed by atoms with Gasteiger partial charge in [-0.3, -0.25) is 10.1 Å². The zero-order chi connectivity index (χ0) is 11.4. The average molecular weight is 213 g/mol. The topological polar surface area (TPSA) is 111 Å². The quantitative estimate of drug-likeness (QED) is 0.450. The highest BCUT2D eigenvalue weighted by Gasteiger charge is 2.19. The molecule has 0 bridgehead atoms. The van der Waals surface area contributed by atoms with Gasteiger partial charge in [0.2, 0.25) is 0 Å². The van der Waals surface area contributed by atoms with Crippen LogP contribution in [0.1, 0.15) is 11.7 Å². The third kappa shape index (κ3) is 2.72. The smallest absolute Gasteiger partial charge is 0.269 e. The first kappa shape index (κ1) is 11.6. The molecule has 82 valence electrons. The Morgan fingerprint density at radius 3 is 2.33 bits per heavy atom. The summed E-state index contributed by atoms with van der Waals surface area (Å²) in [7, 11) is 0. The lowest BCUT2D eigenvalue weighted by Gasteiger charge is -2.13. The molecule has 1 rings (SSSR count). The maximum atomic E-state index is 10.4. The molecule has 0 saturated carbocycles. The van der Waals surface area contributed by atoms with Crippen molar-refractivity contribution in [2.45, 2.75) is 12.1 Å². The largest absolute Gasteiger partial charge is 0.390 e. The van der Waals surface area contributed by atoms with E-state index in [4.69, 9.17) is 5.11 Å². The van der Waals surface area contributed by atoms with E-state index in [1.165, 1.54) is 24.3 Å². The van der Waals surface area contributed by atoms with E-state index in [1.54, 1.807) is 0 Å². The van der Waals surface area contributed by atoms with Gasteiger partial charge >= 0.3 is 0 Å². The van der Waals surface area contributed by atoms with Crippen molar-refractivity contribution in [3.63, 3.8) is 0 Å². The normalized spacial score (nSPS) is 14.6. The van der Waals surface area contributed by atoms with Gasteiger partial charge in [0.1, 0.15) is 12.1 Å². The second-order valence-electron chi connectivity index (χ2n) is 3.24. The van der Waals surface area contributed by atoms with Crippen LogP contribution in [0.2, 0.25) is 0 Å². The van der Waals surface area contributed by atoms with Gasteiger partial charge in [0.15, 0.2) is 0 Å². The van der Waals surface area contributed by atoms with Crippen molar-refractivity contribution < 1.29 is 20.9 Å². The van der Waals surface area contributed by atoms with E-state index < -0.39 is 17.1 Å². The average Bonchev–Trinajstić information content (AvgIpc) is 2.27. The maximum absolute atomic E-state index is 10.4. The SMILES string of the molecule is [NH3+]C(CO)C(O)c1ccc([N+](=O)[O-])cc1. The molecular formula is C9H13N2O4+. The molecule has 2 atom stereocenters. The molecule has 0 fully saturated rings. The molecule has 0 spiro atoms. The van der Waals surface area contributed by atoms with Crippen LogP contribution in [0.4, 0.5) is 5.69 Å². The van der Waals surface area contributed by atoms with Crippen LogP contribution in [-0.4, -0.2) is 27.8 Å². The number of non-ortho nitro benzene ring substituents is 1. The molecule has 0 aliphatic heterocycles. The first-order valence-corrected chi connectivity index (χ1v) is 4.42. The number of hydrogen-bond donors (Lipinski definition) is 3. The standard InChI is InChI=1S/C9H12N2O4/c10-8(5-12)9(13)6-1-3-7(4-2-6)11(14)15/h1-4,8-9,12-13H,5,10H2/p+1. The van der Waals surface area contributed by atoms with Crippen molar-refractivity contribution in [2.24, 2.45) is 0 Å². The Labute approximate surface area is 86.1 Å². The van der Waals surface area contributed by atoms with E-state index in [1.807, 2.05) is 0 Å². The predicted octanol–water partition coefficient (Wildman–Crippen LogP) is -0.769. The third-order valence-electron chi connectivity index (χ3n) is 2.13. The van der Waals surface area contributed by atoms with Crippen molar-refractivity contribution in [1.82, 2.24) is 0 Å². The van der Waals surface area contributed by atoms with E-state index in [0.717, 1.165) is 0 Å². The number of benzene rings is 1. The number of aliphatic hydroxyl groups is 2. The first-order chi connectivity index (χ1) is 7.06. The fourth-order valence-corrected chi connectivity index (χ4v) is 1.17. The van der Waals surface area contributed by atoms with Gasteiger partial charge in [-0.2, -0.15) is 0 Å². The lowest BCUT2D eigenvalue weighted by molar-refractivity contribution is -0.444. The van der Waals surface area contributed by atoms with Crippen LogP contribution in [0.5, 0.6) is 0 Å². The second-order valence-corrected chi connectivity index (χ2v) is 3.24. The molecular weight excluding hydrogens is 200 g/mol. The van der Waals surface area contributed by atoms with Crippen LogP contribution in [-0.2, 0) is 0 Å². The van der Waals surface area contributed by atoms with Crippen molar-refractivity contribution in [3.05, 3.63) is 39.9 Å². The van der Waals surface area contributed by atoms with Crippen LogP contribution in [0.25, 0.3) is 0 Å². The Balaban J connectivity index is 2.84. The van der Waals surface area contributed by atoms with Gasteiger partial charge in [-0.25, -0.2) is 0 Å². The summed E-state index contributed by atoms with van der Waals surface area (Å²) < 4.78 is 0. The molecule has 6 nitrogen and oxygen atoms in total. The number of quaternary nitrogens is 1. The molecule has 2 unspecified atom stereocenters. The Bertz CT molecular complexity index is 338. The van der Waals surface area contributed by atoms with E-state index in [2.05, 4.69) is 5.73 Å². The molecule has 0 radical (unpaired) electrons. The molecule has 6 heteroatoms. The number of aliphatic hydroxyl groups excluding tert-OH is 2. The molecule has 0 saturated heterocycles. The minimum Gasteiger partial charge on any atom is -0.390 e. The van der Waals surface area contributed by atoms with E-state index in [9.17, 15) is 15.2 Å². The van der Waals surface area contributed by atoms with Crippen molar-refractivity contribution in [3.8, 4) is 0 Å². The Morgan fingerprint density at radius 2 is 1.93 bits per heavy atom. The summed E-state index contributed by atoms with van der Waals surface area (Å²) in [5.41, 5.74) is 4.03. The number of nitro benzene ring substituents is 1. The summed E-state index contributed by atoms with van der Waals surface area (Å²) in [6.45, 7) is -0.238. The van der Waals surface area contributed by atoms with E-state index in [0.29, 0.717) is 5.56 Å². The summed E-state index contributed by atoms with van der Waals surface area (Å²) in [4.78, 5) is 9.85. The van der Waals surface area contributed by atoms with Crippen molar-refractivity contribution >= 4 is 5.69 Å². The Morgan fingerprint density at radius 1 is 1.40 bits per heavy atom. The van der Waals surface area contributed by atoms with Gasteiger partial charge in [-0.05, 0) is 17.7 Å². The molecule has 5 N–H and O–H groups in total. The van der Waals surface area contributed by atoms with Crippen LogP contribution < -0.4 is 5.73 Å². The van der Waals surface area contributed by atoms with Crippen molar-refractivity contribution in [1.29, 1.82) is 0 Å². The summed E-state index contributed by atoms with van der Waals surface area (Å²) in [6.07, 6.45) is -0.907. The summed E-state index contributed by atoms with van der Waals surface area (Å²) in [6, 6.07) is 4.99. The lowest BCUT2D eigenvalue weighted by atomic mass is 10.0. The molecule has 1 aromatic rings. The maximum Gasteiger partial charge on any atom is 0.269 e. The molecule has 15 heavy (non-hydrogen) atoms. The monoisotopic (exact) mass is 213 g/mol. The predicted molar refractivity (Wildman–Crippen MR) is 51.8 cm³/mol. The summed E-state index contributed by atoms with van der Waals surface area (Å²) in [5.74, 6) is 0. The van der Waals surface area contributed by atoms with Gasteiger partial charge in [0, 0.05) is 12.1 Å². The van der Waals surface area contributed by atoms with Crippen LogP contribution in [0, 0.1) is 10.1 Å². The molecule has 0 heterocycles. The first-order valence-electron chi connectivity index (χ1n) is 4.42. The van der Waals surface area contributed by atoms with Gasteiger partial charge < -0.3 is 15.9 Å².